The average molecular weight is 380 g/mol. The summed E-state index contributed by atoms with van der Waals surface area (Å²) < 4.78 is 18.8. The normalized spacial score (nSPS) is 15.1. The maximum atomic E-state index is 12.5. The van der Waals surface area contributed by atoms with Crippen molar-refractivity contribution in [3.8, 4) is 17.4 Å². The third-order valence-electron chi connectivity index (χ3n) is 4.15. The molecule has 0 spiro atoms. The zero-order chi connectivity index (χ0) is 19.3. The Morgan fingerprint density at radius 1 is 1.29 bits per heavy atom. The SMILES string of the molecule is CCOc1ncccc1C(=O)Nc1cnn(CC2COc3ccccc3O2)c1. The number of hydrogen-bond donors (Lipinski definition) is 1. The van der Waals surface area contributed by atoms with E-state index in [1.807, 2.05) is 31.2 Å². The van der Waals surface area contributed by atoms with E-state index in [2.05, 4.69) is 15.4 Å². The zero-order valence-electron chi connectivity index (χ0n) is 15.4. The molecule has 1 aliphatic heterocycles. The van der Waals surface area contributed by atoms with Crippen LogP contribution in [0.4, 0.5) is 5.69 Å². The van der Waals surface area contributed by atoms with Crippen LogP contribution in [0.15, 0.2) is 55.0 Å². The number of hydrogen-bond acceptors (Lipinski definition) is 6. The molecule has 1 N–H and O–H groups in total. The summed E-state index contributed by atoms with van der Waals surface area (Å²) in [5, 5.41) is 7.11. The summed E-state index contributed by atoms with van der Waals surface area (Å²) in [6.45, 7) is 3.21. The molecule has 8 heteroatoms. The molecule has 2 aromatic heterocycles. The van der Waals surface area contributed by atoms with Gasteiger partial charge in [0.25, 0.3) is 5.91 Å². The van der Waals surface area contributed by atoms with Crippen molar-refractivity contribution < 1.29 is 19.0 Å². The lowest BCUT2D eigenvalue weighted by Gasteiger charge is -2.26. The number of pyridine rings is 1. The fourth-order valence-electron chi connectivity index (χ4n) is 2.90. The molecular weight excluding hydrogens is 360 g/mol. The molecule has 1 unspecified atom stereocenters. The van der Waals surface area contributed by atoms with Crippen molar-refractivity contribution in [2.24, 2.45) is 0 Å². The van der Waals surface area contributed by atoms with E-state index in [1.165, 1.54) is 0 Å². The minimum atomic E-state index is -0.303. The van der Waals surface area contributed by atoms with Gasteiger partial charge in [-0.05, 0) is 31.2 Å². The van der Waals surface area contributed by atoms with Gasteiger partial charge in [-0.2, -0.15) is 5.10 Å². The summed E-state index contributed by atoms with van der Waals surface area (Å²) in [6, 6.07) is 10.9. The predicted molar refractivity (Wildman–Crippen MR) is 102 cm³/mol. The van der Waals surface area contributed by atoms with Gasteiger partial charge >= 0.3 is 0 Å². The molecule has 3 aromatic rings. The molecule has 4 rings (SSSR count). The molecule has 1 aromatic carbocycles. The van der Waals surface area contributed by atoms with Gasteiger partial charge in [-0.25, -0.2) is 4.98 Å². The van der Waals surface area contributed by atoms with Crippen LogP contribution in [0.1, 0.15) is 17.3 Å². The summed E-state index contributed by atoms with van der Waals surface area (Å²) in [7, 11) is 0. The molecule has 0 aliphatic carbocycles. The minimum absolute atomic E-state index is 0.166. The number of carbonyl (C=O) groups excluding carboxylic acids is 1. The first-order valence-corrected chi connectivity index (χ1v) is 9.03. The molecule has 0 radical (unpaired) electrons. The number of anilines is 1. The Morgan fingerprint density at radius 2 is 2.14 bits per heavy atom. The van der Waals surface area contributed by atoms with Crippen molar-refractivity contribution in [1.82, 2.24) is 14.8 Å². The van der Waals surface area contributed by atoms with Crippen molar-refractivity contribution in [3.63, 3.8) is 0 Å². The van der Waals surface area contributed by atoms with Gasteiger partial charge in [0.2, 0.25) is 5.88 Å². The van der Waals surface area contributed by atoms with Crippen molar-refractivity contribution in [1.29, 1.82) is 0 Å². The third-order valence-corrected chi connectivity index (χ3v) is 4.15. The number of ether oxygens (including phenoxy) is 3. The molecule has 8 nitrogen and oxygen atoms in total. The second-order valence-corrected chi connectivity index (χ2v) is 6.19. The molecule has 0 saturated carbocycles. The Morgan fingerprint density at radius 3 is 3.00 bits per heavy atom. The van der Waals surface area contributed by atoms with E-state index in [1.54, 1.807) is 35.4 Å². The summed E-state index contributed by atoms with van der Waals surface area (Å²) in [4.78, 5) is 16.6. The molecule has 144 valence electrons. The lowest BCUT2D eigenvalue weighted by Crippen LogP contribution is -2.33. The van der Waals surface area contributed by atoms with Gasteiger partial charge in [0.1, 0.15) is 12.2 Å². The van der Waals surface area contributed by atoms with Gasteiger partial charge in [0.05, 0.1) is 25.0 Å². The Balaban J connectivity index is 1.39. The van der Waals surface area contributed by atoms with Gasteiger partial charge in [-0.3, -0.25) is 9.48 Å². The molecule has 1 atom stereocenters. The van der Waals surface area contributed by atoms with E-state index in [0.29, 0.717) is 36.9 Å². The molecule has 0 fully saturated rings. The van der Waals surface area contributed by atoms with Crippen LogP contribution >= 0.6 is 0 Å². The Kier molecular flexibility index (Phi) is 5.09. The van der Waals surface area contributed by atoms with E-state index in [4.69, 9.17) is 14.2 Å². The number of carbonyl (C=O) groups is 1. The highest BCUT2D eigenvalue weighted by Gasteiger charge is 2.21. The van der Waals surface area contributed by atoms with Gasteiger partial charge in [-0.1, -0.05) is 12.1 Å². The first-order chi connectivity index (χ1) is 13.7. The highest BCUT2D eigenvalue weighted by Crippen LogP contribution is 2.31. The minimum Gasteiger partial charge on any atom is -0.486 e. The van der Waals surface area contributed by atoms with Crippen molar-refractivity contribution in [2.45, 2.75) is 19.6 Å². The van der Waals surface area contributed by atoms with Crippen LogP contribution in [0, 0.1) is 0 Å². The largest absolute Gasteiger partial charge is 0.486 e. The van der Waals surface area contributed by atoms with E-state index in [0.717, 1.165) is 11.5 Å². The van der Waals surface area contributed by atoms with Crippen molar-refractivity contribution in [3.05, 3.63) is 60.6 Å². The van der Waals surface area contributed by atoms with Crippen LogP contribution in [0.25, 0.3) is 0 Å². The fraction of sp³-hybridized carbons (Fsp3) is 0.250. The van der Waals surface area contributed by atoms with Gasteiger partial charge in [0, 0.05) is 12.4 Å². The fourth-order valence-corrected chi connectivity index (χ4v) is 2.90. The number of rotatable bonds is 6. The standard InChI is InChI=1S/C20H20N4O4/c1-2-26-20-16(6-5-9-21-20)19(25)23-14-10-22-24(11-14)12-15-13-27-17-7-3-4-8-18(17)28-15/h3-11,15H,2,12-13H2,1H3,(H,23,25). The number of aromatic nitrogens is 3. The number of fused-ring (bicyclic) bond motifs is 1. The lowest BCUT2D eigenvalue weighted by molar-refractivity contribution is 0.0759. The maximum Gasteiger partial charge on any atom is 0.261 e. The Hall–Kier alpha value is -3.55. The van der Waals surface area contributed by atoms with Crippen LogP contribution in [-0.2, 0) is 6.54 Å². The first-order valence-electron chi connectivity index (χ1n) is 9.03. The van der Waals surface area contributed by atoms with E-state index in [9.17, 15) is 4.79 Å². The highest BCUT2D eigenvalue weighted by atomic mass is 16.6. The van der Waals surface area contributed by atoms with Crippen LogP contribution in [0.2, 0.25) is 0 Å². The number of nitrogens with zero attached hydrogens (tertiary/aromatic N) is 3. The second-order valence-electron chi connectivity index (χ2n) is 6.19. The first kappa shape index (κ1) is 17.8. The summed E-state index contributed by atoms with van der Waals surface area (Å²) >= 11 is 0. The molecule has 0 saturated heterocycles. The van der Waals surface area contributed by atoms with Crippen molar-refractivity contribution in [2.75, 3.05) is 18.5 Å². The van der Waals surface area contributed by atoms with Gasteiger partial charge in [0.15, 0.2) is 17.6 Å². The molecule has 3 heterocycles. The predicted octanol–water partition coefficient (Wildman–Crippen LogP) is 2.77. The summed E-state index contributed by atoms with van der Waals surface area (Å²) in [5.41, 5.74) is 0.950. The zero-order valence-corrected chi connectivity index (χ0v) is 15.4. The summed E-state index contributed by atoms with van der Waals surface area (Å²) in [5.74, 6) is 1.47. The molecule has 1 amide bonds. The Bertz CT molecular complexity index is 972. The van der Waals surface area contributed by atoms with Gasteiger partial charge < -0.3 is 19.5 Å². The number of nitrogens with one attached hydrogen (secondary N) is 1. The number of benzene rings is 1. The average Bonchev–Trinajstić information content (AvgIpc) is 3.15. The lowest BCUT2D eigenvalue weighted by atomic mass is 10.2. The smallest absolute Gasteiger partial charge is 0.261 e. The molecule has 1 aliphatic rings. The molecular formula is C20H20N4O4. The maximum absolute atomic E-state index is 12.5. The number of amides is 1. The topological polar surface area (TPSA) is 87.5 Å². The van der Waals surface area contributed by atoms with Crippen LogP contribution < -0.4 is 19.5 Å². The van der Waals surface area contributed by atoms with Crippen molar-refractivity contribution >= 4 is 11.6 Å². The van der Waals surface area contributed by atoms with Gasteiger partial charge in [-0.15, -0.1) is 0 Å². The molecule has 28 heavy (non-hydrogen) atoms. The monoisotopic (exact) mass is 380 g/mol. The number of para-hydroxylation sites is 2. The highest BCUT2D eigenvalue weighted by molar-refractivity contribution is 6.05. The van der Waals surface area contributed by atoms with E-state index >= 15 is 0 Å². The van der Waals surface area contributed by atoms with Crippen LogP contribution in [0.3, 0.4) is 0 Å². The van der Waals surface area contributed by atoms with E-state index < -0.39 is 0 Å². The summed E-state index contributed by atoms with van der Waals surface area (Å²) in [6.07, 6.45) is 4.76. The Labute approximate surface area is 162 Å². The third kappa shape index (κ3) is 3.90. The van der Waals surface area contributed by atoms with Crippen LogP contribution in [0.5, 0.6) is 17.4 Å². The van der Waals surface area contributed by atoms with E-state index in [-0.39, 0.29) is 12.0 Å². The quantitative estimate of drug-likeness (QED) is 0.708. The second kappa shape index (κ2) is 7.99. The molecule has 0 bridgehead atoms. The van der Waals surface area contributed by atoms with Crippen LogP contribution in [-0.4, -0.2) is 40.0 Å².